The van der Waals surface area contributed by atoms with Crippen molar-refractivity contribution in [2.45, 2.75) is 12.5 Å². The standard InChI is InChI=1S/C18H25N3O2S.ClH/c1-4-11-21(12-5-2)18(23)14-6-8-15(9-7-14)20-17(22)16(19)10-13-24-3;/h4-9,16H,1-2,10-13,19H2,3H3,(H,20,22);1H/t16-;/m0./s1. The summed E-state index contributed by atoms with van der Waals surface area (Å²) in [4.78, 5) is 26.0. The van der Waals surface area contributed by atoms with Crippen LogP contribution in [0.3, 0.4) is 0 Å². The Hall–Kier alpha value is -1.76. The van der Waals surface area contributed by atoms with Crippen LogP contribution in [-0.2, 0) is 4.79 Å². The Labute approximate surface area is 160 Å². The average Bonchev–Trinajstić information content (AvgIpc) is 2.59. The normalized spacial score (nSPS) is 11.0. The minimum Gasteiger partial charge on any atom is -0.331 e. The zero-order chi connectivity index (χ0) is 17.9. The van der Waals surface area contributed by atoms with E-state index in [9.17, 15) is 9.59 Å². The molecule has 0 saturated carbocycles. The monoisotopic (exact) mass is 383 g/mol. The summed E-state index contributed by atoms with van der Waals surface area (Å²) in [6.45, 7) is 8.21. The van der Waals surface area contributed by atoms with Crippen molar-refractivity contribution in [1.82, 2.24) is 4.90 Å². The van der Waals surface area contributed by atoms with Crippen LogP contribution >= 0.6 is 24.2 Å². The van der Waals surface area contributed by atoms with Crippen LogP contribution < -0.4 is 11.1 Å². The first-order valence-corrected chi connectivity index (χ1v) is 9.09. The lowest BCUT2D eigenvalue weighted by atomic mass is 10.1. The van der Waals surface area contributed by atoms with E-state index in [1.54, 1.807) is 53.1 Å². The molecule has 1 rings (SSSR count). The minimum atomic E-state index is -0.533. The van der Waals surface area contributed by atoms with Crippen molar-refractivity contribution in [2.24, 2.45) is 5.73 Å². The van der Waals surface area contributed by atoms with Crippen LogP contribution in [0.1, 0.15) is 16.8 Å². The highest BCUT2D eigenvalue weighted by Gasteiger charge is 2.15. The van der Waals surface area contributed by atoms with Crippen LogP contribution in [0.4, 0.5) is 5.69 Å². The molecule has 5 nitrogen and oxygen atoms in total. The quantitative estimate of drug-likeness (QED) is 0.609. The predicted molar refractivity (Wildman–Crippen MR) is 110 cm³/mol. The number of amides is 2. The van der Waals surface area contributed by atoms with Crippen LogP contribution in [0.15, 0.2) is 49.6 Å². The second-order valence-electron chi connectivity index (χ2n) is 5.24. The Kier molecular flexibility index (Phi) is 11.7. The molecule has 0 aromatic heterocycles. The van der Waals surface area contributed by atoms with Gasteiger partial charge in [0.1, 0.15) is 0 Å². The summed E-state index contributed by atoms with van der Waals surface area (Å²) in [5, 5.41) is 2.77. The maximum atomic E-state index is 12.4. The third kappa shape index (κ3) is 7.77. The van der Waals surface area contributed by atoms with Crippen LogP contribution in [0.25, 0.3) is 0 Å². The van der Waals surface area contributed by atoms with Crippen LogP contribution in [0.2, 0.25) is 0 Å². The van der Waals surface area contributed by atoms with Crippen molar-refractivity contribution in [1.29, 1.82) is 0 Å². The van der Waals surface area contributed by atoms with Gasteiger partial charge in [-0.3, -0.25) is 9.59 Å². The average molecular weight is 384 g/mol. The first-order chi connectivity index (χ1) is 11.5. The molecule has 1 atom stereocenters. The summed E-state index contributed by atoms with van der Waals surface area (Å²) in [5.74, 6) is 0.511. The maximum Gasteiger partial charge on any atom is 0.254 e. The Morgan fingerprint density at radius 2 is 1.80 bits per heavy atom. The number of hydrogen-bond donors (Lipinski definition) is 2. The number of carbonyl (C=O) groups excluding carboxylic acids is 2. The van der Waals surface area contributed by atoms with E-state index in [1.165, 1.54) is 0 Å². The highest BCUT2D eigenvalue weighted by molar-refractivity contribution is 7.98. The number of benzene rings is 1. The van der Waals surface area contributed by atoms with Crippen molar-refractivity contribution in [3.63, 3.8) is 0 Å². The summed E-state index contributed by atoms with van der Waals surface area (Å²) in [7, 11) is 0. The van der Waals surface area contributed by atoms with Gasteiger partial charge >= 0.3 is 0 Å². The molecule has 25 heavy (non-hydrogen) atoms. The molecule has 0 fully saturated rings. The van der Waals surface area contributed by atoms with E-state index >= 15 is 0 Å². The van der Waals surface area contributed by atoms with E-state index in [0.29, 0.717) is 30.8 Å². The van der Waals surface area contributed by atoms with Gasteiger partial charge in [0.25, 0.3) is 5.91 Å². The first kappa shape index (κ1) is 23.2. The number of thioether (sulfide) groups is 1. The molecule has 1 aromatic carbocycles. The number of nitrogens with two attached hydrogens (primary N) is 1. The van der Waals surface area contributed by atoms with Gasteiger partial charge in [0.15, 0.2) is 0 Å². The first-order valence-electron chi connectivity index (χ1n) is 7.70. The minimum absolute atomic E-state index is 0. The molecule has 0 radical (unpaired) electrons. The van der Waals surface area contributed by atoms with Crippen molar-refractivity contribution in [3.8, 4) is 0 Å². The molecule has 0 aliphatic heterocycles. The summed E-state index contributed by atoms with van der Waals surface area (Å²) < 4.78 is 0. The zero-order valence-corrected chi connectivity index (χ0v) is 16.1. The molecular weight excluding hydrogens is 358 g/mol. The molecule has 0 heterocycles. The highest BCUT2D eigenvalue weighted by Crippen LogP contribution is 2.13. The summed E-state index contributed by atoms with van der Waals surface area (Å²) in [6.07, 6.45) is 5.95. The number of nitrogens with zero attached hydrogens (tertiary/aromatic N) is 1. The third-order valence-electron chi connectivity index (χ3n) is 3.36. The Bertz CT molecular complexity index is 568. The number of anilines is 1. The fraction of sp³-hybridized carbons (Fsp3) is 0.333. The second kappa shape index (κ2) is 12.6. The van der Waals surface area contributed by atoms with Gasteiger partial charge in [-0.05, 0) is 42.7 Å². The molecule has 1 aromatic rings. The third-order valence-corrected chi connectivity index (χ3v) is 4.00. The number of carbonyl (C=O) groups is 2. The van der Waals surface area contributed by atoms with Gasteiger partial charge in [-0.25, -0.2) is 0 Å². The SMILES string of the molecule is C=CCN(CC=C)C(=O)c1ccc(NC(=O)[C@@H](N)CCSC)cc1.Cl. The fourth-order valence-corrected chi connectivity index (χ4v) is 2.53. The predicted octanol–water partition coefficient (Wildman–Crippen LogP) is 2.94. The van der Waals surface area contributed by atoms with Crippen molar-refractivity contribution in [2.75, 3.05) is 30.4 Å². The molecule has 0 aliphatic carbocycles. The summed E-state index contributed by atoms with van der Waals surface area (Å²) in [6, 6.07) is 6.24. The van der Waals surface area contributed by atoms with Crippen LogP contribution in [0, 0.1) is 0 Å². The molecule has 0 saturated heterocycles. The van der Waals surface area contributed by atoms with Gasteiger partial charge < -0.3 is 16.0 Å². The highest BCUT2D eigenvalue weighted by atomic mass is 35.5. The van der Waals surface area contributed by atoms with E-state index in [4.69, 9.17) is 5.73 Å². The number of halogens is 1. The smallest absolute Gasteiger partial charge is 0.254 e. The maximum absolute atomic E-state index is 12.4. The van der Waals surface area contributed by atoms with E-state index in [0.717, 1.165) is 5.75 Å². The lowest BCUT2D eigenvalue weighted by molar-refractivity contribution is -0.117. The van der Waals surface area contributed by atoms with Gasteiger partial charge in [-0.2, -0.15) is 11.8 Å². The number of hydrogen-bond acceptors (Lipinski definition) is 4. The second-order valence-corrected chi connectivity index (χ2v) is 6.23. The molecule has 2 amide bonds. The topological polar surface area (TPSA) is 75.4 Å². The Balaban J connectivity index is 0.00000576. The van der Waals surface area contributed by atoms with Gasteiger partial charge in [-0.1, -0.05) is 12.2 Å². The summed E-state index contributed by atoms with van der Waals surface area (Å²) >= 11 is 1.65. The van der Waals surface area contributed by atoms with Gasteiger partial charge in [0.2, 0.25) is 5.91 Å². The van der Waals surface area contributed by atoms with Crippen LogP contribution in [0.5, 0.6) is 0 Å². The molecule has 0 unspecified atom stereocenters. The lowest BCUT2D eigenvalue weighted by Gasteiger charge is -2.19. The Morgan fingerprint density at radius 1 is 1.24 bits per heavy atom. The van der Waals surface area contributed by atoms with Gasteiger partial charge in [-0.15, -0.1) is 25.6 Å². The molecule has 7 heteroatoms. The van der Waals surface area contributed by atoms with Gasteiger partial charge in [0.05, 0.1) is 6.04 Å². The van der Waals surface area contributed by atoms with E-state index < -0.39 is 6.04 Å². The van der Waals surface area contributed by atoms with E-state index in [-0.39, 0.29) is 24.2 Å². The Morgan fingerprint density at radius 3 is 2.28 bits per heavy atom. The molecular formula is C18H26ClN3O2S. The number of nitrogens with one attached hydrogen (secondary N) is 1. The van der Waals surface area contributed by atoms with E-state index in [2.05, 4.69) is 18.5 Å². The van der Waals surface area contributed by atoms with Crippen molar-refractivity contribution in [3.05, 3.63) is 55.1 Å². The molecule has 0 aliphatic rings. The molecule has 0 spiro atoms. The zero-order valence-electron chi connectivity index (χ0n) is 14.4. The summed E-state index contributed by atoms with van der Waals surface area (Å²) in [5.41, 5.74) is 7.00. The molecule has 0 bridgehead atoms. The number of rotatable bonds is 10. The molecule has 138 valence electrons. The van der Waals surface area contributed by atoms with Crippen LogP contribution in [-0.4, -0.2) is 47.9 Å². The molecule has 3 N–H and O–H groups in total. The van der Waals surface area contributed by atoms with E-state index in [1.807, 2.05) is 6.26 Å². The van der Waals surface area contributed by atoms with Crippen molar-refractivity contribution >= 4 is 41.7 Å². The van der Waals surface area contributed by atoms with Gasteiger partial charge in [0, 0.05) is 24.3 Å². The fourth-order valence-electron chi connectivity index (χ4n) is 2.04. The largest absolute Gasteiger partial charge is 0.331 e. The lowest BCUT2D eigenvalue weighted by Crippen LogP contribution is -2.36. The van der Waals surface area contributed by atoms with Crippen molar-refractivity contribution < 1.29 is 9.59 Å².